The van der Waals surface area contributed by atoms with Crippen molar-refractivity contribution in [3.63, 3.8) is 0 Å². The van der Waals surface area contributed by atoms with Gasteiger partial charge < -0.3 is 53.6 Å². The van der Waals surface area contributed by atoms with E-state index in [-0.39, 0.29) is 55.7 Å². The first kappa shape index (κ1) is 48.5. The maximum absolute atomic E-state index is 14.1. The Morgan fingerprint density at radius 3 is 1.93 bits per heavy atom. The van der Waals surface area contributed by atoms with Gasteiger partial charge in [-0.2, -0.15) is 0 Å². The molecule has 12 N–H and O–H groups in total. The van der Waals surface area contributed by atoms with E-state index in [1.165, 1.54) is 6.92 Å². The molecule has 1 fully saturated rings. The van der Waals surface area contributed by atoms with Crippen molar-refractivity contribution in [3.05, 3.63) is 0 Å². The zero-order valence-corrected chi connectivity index (χ0v) is 33.3. The molecule has 19 nitrogen and oxygen atoms in total. The Kier molecular flexibility index (Phi) is 21.9. The number of carbonyl (C=O) groups excluding carboxylic acids is 6. The molecule has 1 aliphatic heterocycles. The van der Waals surface area contributed by atoms with E-state index in [2.05, 4.69) is 26.3 Å². The van der Waals surface area contributed by atoms with E-state index in [9.17, 15) is 43.8 Å². The van der Waals surface area contributed by atoms with Gasteiger partial charge in [-0.15, -0.1) is 0 Å². The van der Waals surface area contributed by atoms with Crippen molar-refractivity contribution in [1.29, 1.82) is 0 Å². The van der Waals surface area contributed by atoms with Gasteiger partial charge in [0.2, 0.25) is 35.4 Å². The standard InChI is InChI=1S/C36H66N10O9/c1-21(2)16-27(42-34(54)28(18-31(50)51)43-32(52)26(41-24(6)48)11-7-8-13-40-36(38)39)33(53)44-29(17-22(3)4)35(55)46-14-9-10-25(46)12-15-45(19-23(5)47)20-30(37)49/h21-23,25-29,47H,7-20H2,1-6H3,(H2,37,49)(H,41,48)(H,42,54)(H,43,52)(H,44,53)(H,50,51)(H4,38,39,40)/t23-,25?,26?,27?,28+,29+/m0/s1. The van der Waals surface area contributed by atoms with Crippen molar-refractivity contribution >= 4 is 47.4 Å². The first-order chi connectivity index (χ1) is 25.7. The van der Waals surface area contributed by atoms with Crippen LogP contribution in [0.1, 0.15) is 99.3 Å². The van der Waals surface area contributed by atoms with E-state index in [1.807, 2.05) is 27.7 Å². The molecule has 6 atom stereocenters. The van der Waals surface area contributed by atoms with Crippen molar-refractivity contribution in [1.82, 2.24) is 31.1 Å². The second-order valence-electron chi connectivity index (χ2n) is 15.3. The van der Waals surface area contributed by atoms with Crippen molar-refractivity contribution < 1.29 is 43.8 Å². The summed E-state index contributed by atoms with van der Waals surface area (Å²) in [6, 6.07) is -4.96. The lowest BCUT2D eigenvalue weighted by Crippen LogP contribution is -2.59. The predicted molar refractivity (Wildman–Crippen MR) is 206 cm³/mol. The number of carbonyl (C=O) groups is 7. The Morgan fingerprint density at radius 2 is 1.38 bits per heavy atom. The number of primary amides is 1. The highest BCUT2D eigenvalue weighted by Gasteiger charge is 2.37. The fraction of sp³-hybridized carbons (Fsp3) is 0.778. The molecule has 0 bridgehead atoms. The molecule has 1 heterocycles. The molecular formula is C36H66N10O9. The number of carboxylic acids is 1. The topological polar surface area (TPSA) is 305 Å². The van der Waals surface area contributed by atoms with Crippen LogP contribution >= 0.6 is 0 Å². The zero-order valence-electron chi connectivity index (χ0n) is 33.3. The van der Waals surface area contributed by atoms with Crippen LogP contribution in [0.25, 0.3) is 0 Å². The number of hydrogen-bond donors (Lipinski definition) is 9. The molecular weight excluding hydrogens is 716 g/mol. The molecule has 0 aliphatic carbocycles. The number of nitrogens with zero attached hydrogens (tertiary/aromatic N) is 3. The number of guanidine groups is 1. The fourth-order valence-corrected chi connectivity index (χ4v) is 6.57. The van der Waals surface area contributed by atoms with E-state index in [4.69, 9.17) is 17.2 Å². The number of unbranched alkanes of at least 4 members (excludes halogenated alkanes) is 1. The number of nitrogens with two attached hydrogens (primary N) is 3. The first-order valence-electron chi connectivity index (χ1n) is 19.1. The average Bonchev–Trinajstić information content (AvgIpc) is 3.52. The summed E-state index contributed by atoms with van der Waals surface area (Å²) in [5.41, 5.74) is 16.1. The Hall–Kier alpha value is -4.52. The van der Waals surface area contributed by atoms with Crippen LogP contribution in [0.15, 0.2) is 4.99 Å². The number of aliphatic hydroxyl groups is 1. The minimum absolute atomic E-state index is 0.00350. The molecule has 3 unspecified atom stereocenters. The van der Waals surface area contributed by atoms with E-state index < -0.39 is 72.2 Å². The van der Waals surface area contributed by atoms with Crippen molar-refractivity contribution in [2.75, 3.05) is 32.7 Å². The molecule has 55 heavy (non-hydrogen) atoms. The summed E-state index contributed by atoms with van der Waals surface area (Å²) in [6.45, 7) is 11.7. The van der Waals surface area contributed by atoms with Crippen LogP contribution in [0, 0.1) is 11.8 Å². The summed E-state index contributed by atoms with van der Waals surface area (Å²) in [7, 11) is 0. The van der Waals surface area contributed by atoms with Crippen LogP contribution in [0.3, 0.4) is 0 Å². The number of aliphatic carboxylic acids is 1. The lowest BCUT2D eigenvalue weighted by molar-refractivity contribution is -0.142. The van der Waals surface area contributed by atoms with Gasteiger partial charge in [0.25, 0.3) is 0 Å². The molecule has 1 saturated heterocycles. The Bertz CT molecular complexity index is 1320. The van der Waals surface area contributed by atoms with E-state index in [1.54, 1.807) is 16.7 Å². The Morgan fingerprint density at radius 1 is 0.818 bits per heavy atom. The van der Waals surface area contributed by atoms with Crippen LogP contribution in [-0.4, -0.2) is 136 Å². The number of nitrogens with one attached hydrogen (secondary N) is 4. The Labute approximate surface area is 324 Å². The predicted octanol–water partition coefficient (Wildman–Crippen LogP) is -1.49. The normalized spacial score (nSPS) is 16.8. The van der Waals surface area contributed by atoms with E-state index in [0.29, 0.717) is 45.3 Å². The van der Waals surface area contributed by atoms with Gasteiger partial charge in [0.15, 0.2) is 5.96 Å². The third kappa shape index (κ3) is 20.1. The highest BCUT2D eigenvalue weighted by molar-refractivity contribution is 5.96. The number of hydrogen-bond acceptors (Lipinski definition) is 10. The third-order valence-corrected chi connectivity index (χ3v) is 8.90. The van der Waals surface area contributed by atoms with Gasteiger partial charge in [-0.1, -0.05) is 27.7 Å². The molecule has 1 rings (SSSR count). The van der Waals surface area contributed by atoms with Gasteiger partial charge in [-0.3, -0.25) is 43.5 Å². The average molecular weight is 783 g/mol. The summed E-state index contributed by atoms with van der Waals surface area (Å²) >= 11 is 0. The van der Waals surface area contributed by atoms with Crippen LogP contribution in [0.2, 0.25) is 0 Å². The Balaban J connectivity index is 3.18. The highest BCUT2D eigenvalue weighted by Crippen LogP contribution is 2.23. The summed E-state index contributed by atoms with van der Waals surface area (Å²) in [5.74, 6) is -5.24. The van der Waals surface area contributed by atoms with Crippen LogP contribution < -0.4 is 38.5 Å². The lowest BCUT2D eigenvalue weighted by atomic mass is 9.99. The largest absolute Gasteiger partial charge is 0.481 e. The van der Waals surface area contributed by atoms with Crippen LogP contribution in [-0.2, 0) is 33.6 Å². The summed E-state index contributed by atoms with van der Waals surface area (Å²) in [5, 5.41) is 29.9. The number of aliphatic imine (C=N–C) groups is 1. The summed E-state index contributed by atoms with van der Waals surface area (Å²) in [4.78, 5) is 97.5. The van der Waals surface area contributed by atoms with Gasteiger partial charge in [0.05, 0.1) is 19.1 Å². The second kappa shape index (κ2) is 24.8. The third-order valence-electron chi connectivity index (χ3n) is 8.90. The molecule has 0 aromatic carbocycles. The van der Waals surface area contributed by atoms with Gasteiger partial charge in [0.1, 0.15) is 24.2 Å². The zero-order chi connectivity index (χ0) is 41.8. The maximum Gasteiger partial charge on any atom is 0.305 e. The maximum atomic E-state index is 14.1. The molecule has 0 radical (unpaired) electrons. The van der Waals surface area contributed by atoms with Gasteiger partial charge in [-0.05, 0) is 70.1 Å². The van der Waals surface area contributed by atoms with Crippen molar-refractivity contribution in [3.8, 4) is 0 Å². The van der Waals surface area contributed by atoms with Crippen LogP contribution in [0.4, 0.5) is 0 Å². The SMILES string of the molecule is CC(=O)NC(CCCCN=C(N)N)C(=O)N[C@H](CC(=O)O)C(=O)NC(CC(C)C)C(=O)N[C@H](CC(C)C)C(=O)N1CCCC1CCN(CC(N)=O)C[C@H](C)O. The monoisotopic (exact) mass is 783 g/mol. The number of carboxylic acid groups (broad SMARTS) is 1. The second-order valence-corrected chi connectivity index (χ2v) is 15.3. The van der Waals surface area contributed by atoms with Gasteiger partial charge >= 0.3 is 5.97 Å². The smallest absolute Gasteiger partial charge is 0.305 e. The molecule has 0 spiro atoms. The van der Waals surface area contributed by atoms with E-state index in [0.717, 1.165) is 12.8 Å². The first-order valence-corrected chi connectivity index (χ1v) is 19.1. The molecule has 0 aromatic rings. The minimum Gasteiger partial charge on any atom is -0.481 e. The van der Waals surface area contributed by atoms with E-state index >= 15 is 0 Å². The molecule has 19 heteroatoms. The fourth-order valence-electron chi connectivity index (χ4n) is 6.57. The number of amides is 6. The van der Waals surface area contributed by atoms with Gasteiger partial charge in [-0.25, -0.2) is 0 Å². The minimum atomic E-state index is -1.59. The molecule has 314 valence electrons. The number of likely N-dealkylation sites (tertiary alicyclic amines) is 1. The number of rotatable bonds is 26. The van der Waals surface area contributed by atoms with Gasteiger partial charge in [0, 0.05) is 39.1 Å². The quantitative estimate of drug-likeness (QED) is 0.0275. The molecule has 6 amide bonds. The van der Waals surface area contributed by atoms with Crippen molar-refractivity contribution in [2.45, 2.75) is 136 Å². The molecule has 0 saturated carbocycles. The lowest BCUT2D eigenvalue weighted by Gasteiger charge is -2.32. The molecule has 1 aliphatic rings. The highest BCUT2D eigenvalue weighted by atomic mass is 16.4. The summed E-state index contributed by atoms with van der Waals surface area (Å²) in [6.07, 6.45) is 2.02. The number of aliphatic hydroxyl groups excluding tert-OH is 1. The van der Waals surface area contributed by atoms with Crippen LogP contribution in [0.5, 0.6) is 0 Å². The summed E-state index contributed by atoms with van der Waals surface area (Å²) < 4.78 is 0. The van der Waals surface area contributed by atoms with Crippen molar-refractivity contribution in [2.24, 2.45) is 34.0 Å². The molecule has 0 aromatic heterocycles.